The molecule has 0 aliphatic carbocycles. The molecule has 0 unspecified atom stereocenters. The van der Waals surface area contributed by atoms with E-state index in [2.05, 4.69) is 35.1 Å². The van der Waals surface area contributed by atoms with E-state index in [0.29, 0.717) is 18.2 Å². The molecular formula is C14H15BrFNS. The lowest BCUT2D eigenvalue weighted by Gasteiger charge is -2.10. The Kier molecular flexibility index (Phi) is 4.54. The van der Waals surface area contributed by atoms with E-state index in [4.69, 9.17) is 0 Å². The first-order valence-corrected chi connectivity index (χ1v) is 7.55. The second kappa shape index (κ2) is 5.95. The van der Waals surface area contributed by atoms with Crippen molar-refractivity contribution in [2.24, 2.45) is 0 Å². The third-order valence-corrected chi connectivity index (χ3v) is 4.38. The lowest BCUT2D eigenvalue weighted by Crippen LogP contribution is -2.22. The van der Waals surface area contributed by atoms with Crippen LogP contribution in [0.2, 0.25) is 0 Å². The van der Waals surface area contributed by atoms with Gasteiger partial charge in [0, 0.05) is 33.6 Å². The number of thiophene rings is 1. The summed E-state index contributed by atoms with van der Waals surface area (Å²) in [6.45, 7) is 4.66. The highest BCUT2D eigenvalue weighted by Gasteiger charge is 2.08. The minimum Gasteiger partial charge on any atom is -0.310 e. The molecule has 0 fully saturated rings. The first-order chi connectivity index (χ1) is 8.58. The molecule has 1 N–H and O–H groups in total. The van der Waals surface area contributed by atoms with Crippen molar-refractivity contribution >= 4 is 27.3 Å². The van der Waals surface area contributed by atoms with Crippen molar-refractivity contribution in [3.8, 4) is 11.1 Å². The summed E-state index contributed by atoms with van der Waals surface area (Å²) in [6.07, 6.45) is 0. The summed E-state index contributed by atoms with van der Waals surface area (Å²) in [6, 6.07) is 5.77. The molecule has 0 radical (unpaired) electrons. The lowest BCUT2D eigenvalue weighted by molar-refractivity contribution is 0.553. The van der Waals surface area contributed by atoms with Gasteiger partial charge in [-0.1, -0.05) is 26.0 Å². The van der Waals surface area contributed by atoms with E-state index in [1.54, 1.807) is 17.4 Å². The maximum atomic E-state index is 14.0. The number of halogens is 2. The Bertz CT molecular complexity index is 536. The highest BCUT2D eigenvalue weighted by atomic mass is 79.9. The van der Waals surface area contributed by atoms with Crippen LogP contribution >= 0.6 is 27.3 Å². The Morgan fingerprint density at radius 3 is 2.67 bits per heavy atom. The molecular weight excluding hydrogens is 313 g/mol. The number of rotatable bonds is 4. The molecule has 4 heteroatoms. The molecule has 0 saturated carbocycles. The summed E-state index contributed by atoms with van der Waals surface area (Å²) >= 11 is 5.08. The zero-order valence-electron chi connectivity index (χ0n) is 10.3. The van der Waals surface area contributed by atoms with Crippen LogP contribution in [0, 0.1) is 5.82 Å². The van der Waals surface area contributed by atoms with Crippen LogP contribution in [0.15, 0.2) is 33.4 Å². The van der Waals surface area contributed by atoms with E-state index in [-0.39, 0.29) is 5.82 Å². The SMILES string of the molecule is CC(C)NCc1ccc(-c2cscc2Br)cc1F. The van der Waals surface area contributed by atoms with Crippen molar-refractivity contribution in [2.45, 2.75) is 26.4 Å². The molecule has 2 aromatic rings. The minimum absolute atomic E-state index is 0.154. The van der Waals surface area contributed by atoms with Crippen LogP contribution in [-0.2, 0) is 6.54 Å². The third kappa shape index (κ3) is 3.19. The Morgan fingerprint density at radius 2 is 2.11 bits per heavy atom. The molecule has 0 bridgehead atoms. The number of hydrogen-bond donors (Lipinski definition) is 1. The molecule has 1 nitrogen and oxygen atoms in total. The second-order valence-corrected chi connectivity index (χ2v) is 6.07. The van der Waals surface area contributed by atoms with Crippen LogP contribution in [-0.4, -0.2) is 6.04 Å². The second-order valence-electron chi connectivity index (χ2n) is 4.48. The van der Waals surface area contributed by atoms with Gasteiger partial charge >= 0.3 is 0 Å². The fourth-order valence-electron chi connectivity index (χ4n) is 1.66. The molecule has 0 aliphatic heterocycles. The normalized spacial score (nSPS) is 11.2. The Balaban J connectivity index is 2.22. The summed E-state index contributed by atoms with van der Waals surface area (Å²) in [5.41, 5.74) is 2.66. The number of nitrogens with one attached hydrogen (secondary N) is 1. The smallest absolute Gasteiger partial charge is 0.128 e. The molecule has 0 atom stereocenters. The molecule has 0 amide bonds. The zero-order chi connectivity index (χ0) is 13.1. The van der Waals surface area contributed by atoms with Gasteiger partial charge in [-0.05, 0) is 32.9 Å². The Labute approximate surface area is 119 Å². The molecule has 2 rings (SSSR count). The topological polar surface area (TPSA) is 12.0 Å². The first kappa shape index (κ1) is 13.7. The maximum absolute atomic E-state index is 14.0. The van der Waals surface area contributed by atoms with Crippen molar-refractivity contribution in [3.63, 3.8) is 0 Å². The van der Waals surface area contributed by atoms with Crippen LogP contribution < -0.4 is 5.32 Å². The summed E-state index contributed by atoms with van der Waals surface area (Å²) in [7, 11) is 0. The molecule has 0 aliphatic rings. The highest BCUT2D eigenvalue weighted by Crippen LogP contribution is 2.32. The van der Waals surface area contributed by atoms with E-state index in [9.17, 15) is 4.39 Å². The standard InChI is InChI=1S/C14H15BrFNS/c1-9(2)17-6-11-4-3-10(5-14(11)16)12-7-18-8-13(12)15/h3-5,7-9,17H,6H2,1-2H3. The third-order valence-electron chi connectivity index (χ3n) is 2.68. The van der Waals surface area contributed by atoms with Gasteiger partial charge in [-0.15, -0.1) is 0 Å². The van der Waals surface area contributed by atoms with Crippen LogP contribution in [0.3, 0.4) is 0 Å². The van der Waals surface area contributed by atoms with Gasteiger partial charge in [0.2, 0.25) is 0 Å². The van der Waals surface area contributed by atoms with Gasteiger partial charge in [0.15, 0.2) is 0 Å². The highest BCUT2D eigenvalue weighted by molar-refractivity contribution is 9.10. The summed E-state index contributed by atoms with van der Waals surface area (Å²) < 4.78 is 15.0. The van der Waals surface area contributed by atoms with Gasteiger partial charge in [-0.25, -0.2) is 4.39 Å². The minimum atomic E-state index is -0.154. The van der Waals surface area contributed by atoms with Crippen LogP contribution in [0.25, 0.3) is 11.1 Å². The fraction of sp³-hybridized carbons (Fsp3) is 0.286. The Hall–Kier alpha value is -0.710. The summed E-state index contributed by atoms with van der Waals surface area (Å²) in [5, 5.41) is 7.24. The van der Waals surface area contributed by atoms with Gasteiger partial charge in [0.25, 0.3) is 0 Å². The molecule has 1 aromatic carbocycles. The molecule has 1 heterocycles. The van der Waals surface area contributed by atoms with Crippen molar-refractivity contribution in [2.75, 3.05) is 0 Å². The average molecular weight is 328 g/mol. The first-order valence-electron chi connectivity index (χ1n) is 5.82. The monoisotopic (exact) mass is 327 g/mol. The lowest BCUT2D eigenvalue weighted by atomic mass is 10.1. The predicted octanol–water partition coefficient (Wildman–Crippen LogP) is 4.81. The van der Waals surface area contributed by atoms with Crippen LogP contribution in [0.4, 0.5) is 4.39 Å². The van der Waals surface area contributed by atoms with Gasteiger partial charge in [-0.2, -0.15) is 11.3 Å². The Morgan fingerprint density at radius 1 is 1.33 bits per heavy atom. The average Bonchev–Trinajstić information content (AvgIpc) is 2.73. The summed E-state index contributed by atoms with van der Waals surface area (Å²) in [5.74, 6) is -0.154. The van der Waals surface area contributed by atoms with E-state index in [0.717, 1.165) is 15.6 Å². The van der Waals surface area contributed by atoms with Crippen LogP contribution in [0.5, 0.6) is 0 Å². The van der Waals surface area contributed by atoms with Crippen molar-refractivity contribution in [1.82, 2.24) is 5.32 Å². The van der Waals surface area contributed by atoms with Gasteiger partial charge in [-0.3, -0.25) is 0 Å². The number of hydrogen-bond acceptors (Lipinski definition) is 2. The quantitative estimate of drug-likeness (QED) is 0.849. The molecule has 1 aromatic heterocycles. The molecule has 18 heavy (non-hydrogen) atoms. The van der Waals surface area contributed by atoms with E-state index < -0.39 is 0 Å². The zero-order valence-corrected chi connectivity index (χ0v) is 12.7. The van der Waals surface area contributed by atoms with Gasteiger partial charge in [0.05, 0.1) is 0 Å². The van der Waals surface area contributed by atoms with Gasteiger partial charge < -0.3 is 5.32 Å². The van der Waals surface area contributed by atoms with Crippen molar-refractivity contribution in [1.29, 1.82) is 0 Å². The molecule has 0 spiro atoms. The molecule has 0 saturated heterocycles. The maximum Gasteiger partial charge on any atom is 0.128 e. The van der Waals surface area contributed by atoms with Crippen molar-refractivity contribution < 1.29 is 4.39 Å². The molecule has 96 valence electrons. The largest absolute Gasteiger partial charge is 0.310 e. The van der Waals surface area contributed by atoms with Crippen LogP contribution in [0.1, 0.15) is 19.4 Å². The summed E-state index contributed by atoms with van der Waals surface area (Å²) in [4.78, 5) is 0. The fourth-order valence-corrected chi connectivity index (χ4v) is 3.19. The van der Waals surface area contributed by atoms with Gasteiger partial charge in [0.1, 0.15) is 5.82 Å². The van der Waals surface area contributed by atoms with Crippen molar-refractivity contribution in [3.05, 3.63) is 44.8 Å². The van der Waals surface area contributed by atoms with E-state index >= 15 is 0 Å². The van der Waals surface area contributed by atoms with E-state index in [1.807, 2.05) is 22.9 Å². The predicted molar refractivity (Wildman–Crippen MR) is 79.4 cm³/mol. The van der Waals surface area contributed by atoms with E-state index in [1.165, 1.54) is 0 Å². The number of benzene rings is 1.